The van der Waals surface area contributed by atoms with Crippen molar-refractivity contribution < 1.29 is 23.5 Å². The van der Waals surface area contributed by atoms with Crippen LogP contribution < -0.4 is 10.6 Å². The predicted molar refractivity (Wildman–Crippen MR) is 115 cm³/mol. The minimum Gasteiger partial charge on any atom is -0.467 e. The average molecular weight is 420 g/mol. The molecule has 0 saturated carbocycles. The summed E-state index contributed by atoms with van der Waals surface area (Å²) >= 11 is 0. The first-order valence-electron chi connectivity index (χ1n) is 10.0. The summed E-state index contributed by atoms with van der Waals surface area (Å²) in [7, 11) is 0. The summed E-state index contributed by atoms with van der Waals surface area (Å²) in [4.78, 5) is 36.3. The Morgan fingerprint density at radius 3 is 2.52 bits per heavy atom. The second kappa shape index (κ2) is 11.3. The molecule has 160 valence electrons. The van der Waals surface area contributed by atoms with Gasteiger partial charge in [0, 0.05) is 24.1 Å². The number of anilines is 1. The Kier molecular flexibility index (Phi) is 7.99. The number of ether oxygens (including phenoxy) is 1. The van der Waals surface area contributed by atoms with Crippen LogP contribution in [0.15, 0.2) is 77.4 Å². The minimum absolute atomic E-state index is 0.000905. The molecule has 3 rings (SSSR count). The third kappa shape index (κ3) is 7.47. The van der Waals surface area contributed by atoms with Crippen LogP contribution in [0.5, 0.6) is 0 Å². The summed E-state index contributed by atoms with van der Waals surface area (Å²) in [5, 5.41) is 5.45. The Morgan fingerprint density at radius 1 is 0.903 bits per heavy atom. The number of carbonyl (C=O) groups is 3. The molecule has 0 saturated heterocycles. The lowest BCUT2D eigenvalue weighted by molar-refractivity contribution is -0.144. The lowest BCUT2D eigenvalue weighted by atomic mass is 10.1. The van der Waals surface area contributed by atoms with E-state index in [2.05, 4.69) is 10.6 Å². The number of esters is 1. The van der Waals surface area contributed by atoms with Crippen molar-refractivity contribution in [2.45, 2.75) is 25.8 Å². The molecule has 0 atom stereocenters. The zero-order valence-corrected chi connectivity index (χ0v) is 17.0. The first-order chi connectivity index (χ1) is 15.1. The molecule has 0 unspecified atom stereocenters. The van der Waals surface area contributed by atoms with Crippen molar-refractivity contribution >= 4 is 23.5 Å². The molecule has 2 N–H and O–H groups in total. The van der Waals surface area contributed by atoms with Gasteiger partial charge in [-0.05, 0) is 35.9 Å². The molecule has 2 aromatic carbocycles. The van der Waals surface area contributed by atoms with Gasteiger partial charge in [0.25, 0.3) is 5.91 Å². The quantitative estimate of drug-likeness (QED) is 0.487. The number of hydrogen-bond acceptors (Lipinski definition) is 5. The highest BCUT2D eigenvalue weighted by Crippen LogP contribution is 2.12. The molecule has 0 aliphatic rings. The van der Waals surface area contributed by atoms with E-state index in [0.29, 0.717) is 23.4 Å². The summed E-state index contributed by atoms with van der Waals surface area (Å²) < 4.78 is 10.4. The molecule has 1 aromatic heterocycles. The van der Waals surface area contributed by atoms with Gasteiger partial charge in [-0.1, -0.05) is 36.4 Å². The van der Waals surface area contributed by atoms with Gasteiger partial charge in [-0.25, -0.2) is 0 Å². The van der Waals surface area contributed by atoms with Crippen LogP contribution in [-0.2, 0) is 27.3 Å². The summed E-state index contributed by atoms with van der Waals surface area (Å²) in [6.07, 6.45) is 2.16. The van der Waals surface area contributed by atoms with Crippen LogP contribution in [0, 0.1) is 0 Å². The molecule has 0 spiro atoms. The van der Waals surface area contributed by atoms with Crippen LogP contribution in [-0.4, -0.2) is 24.4 Å². The molecule has 3 aromatic rings. The molecule has 0 bridgehead atoms. The largest absolute Gasteiger partial charge is 0.467 e. The fraction of sp³-hybridized carbons (Fsp3) is 0.208. The van der Waals surface area contributed by atoms with Crippen molar-refractivity contribution in [2.75, 3.05) is 11.9 Å². The third-order valence-electron chi connectivity index (χ3n) is 4.46. The zero-order valence-electron chi connectivity index (χ0n) is 17.0. The average Bonchev–Trinajstić information content (AvgIpc) is 3.31. The van der Waals surface area contributed by atoms with E-state index in [1.807, 2.05) is 30.3 Å². The van der Waals surface area contributed by atoms with E-state index in [4.69, 9.17) is 9.15 Å². The van der Waals surface area contributed by atoms with Crippen molar-refractivity contribution in [3.05, 3.63) is 89.9 Å². The Bertz CT molecular complexity index is 1000. The highest BCUT2D eigenvalue weighted by atomic mass is 16.5. The minimum atomic E-state index is -0.419. The molecule has 7 heteroatoms. The van der Waals surface area contributed by atoms with Crippen LogP contribution in [0.2, 0.25) is 0 Å². The number of furan rings is 1. The van der Waals surface area contributed by atoms with Gasteiger partial charge in [-0.2, -0.15) is 0 Å². The highest BCUT2D eigenvalue weighted by molar-refractivity contribution is 5.97. The highest BCUT2D eigenvalue weighted by Gasteiger charge is 2.11. The predicted octanol–water partition coefficient (Wildman–Crippen LogP) is 3.71. The Labute approximate surface area is 180 Å². The number of benzene rings is 2. The summed E-state index contributed by atoms with van der Waals surface area (Å²) in [6, 6.07) is 19.8. The molecule has 1 heterocycles. The van der Waals surface area contributed by atoms with E-state index in [9.17, 15) is 14.4 Å². The lowest BCUT2D eigenvalue weighted by Crippen LogP contribution is -2.22. The lowest BCUT2D eigenvalue weighted by Gasteiger charge is -2.08. The van der Waals surface area contributed by atoms with Crippen molar-refractivity contribution in [1.82, 2.24) is 5.32 Å². The number of nitrogens with one attached hydrogen (secondary N) is 2. The van der Waals surface area contributed by atoms with Gasteiger partial charge >= 0.3 is 5.97 Å². The molecular formula is C24H24N2O5. The van der Waals surface area contributed by atoms with Crippen molar-refractivity contribution in [3.8, 4) is 0 Å². The number of hydrogen-bond donors (Lipinski definition) is 2. The van der Waals surface area contributed by atoms with Gasteiger partial charge < -0.3 is 19.8 Å². The second-order valence-electron chi connectivity index (χ2n) is 6.85. The van der Waals surface area contributed by atoms with Crippen LogP contribution >= 0.6 is 0 Å². The summed E-state index contributed by atoms with van der Waals surface area (Å²) in [5.41, 5.74) is 1.97. The maximum Gasteiger partial charge on any atom is 0.306 e. The van der Waals surface area contributed by atoms with Crippen molar-refractivity contribution in [1.29, 1.82) is 0 Å². The number of amides is 2. The van der Waals surface area contributed by atoms with Crippen LogP contribution in [0.4, 0.5) is 5.69 Å². The summed E-state index contributed by atoms with van der Waals surface area (Å²) in [6.45, 7) is 0.550. The van der Waals surface area contributed by atoms with E-state index in [1.54, 1.807) is 36.4 Å². The smallest absolute Gasteiger partial charge is 0.306 e. The number of rotatable bonds is 10. The first kappa shape index (κ1) is 21.8. The van der Waals surface area contributed by atoms with E-state index in [1.165, 1.54) is 6.26 Å². The van der Waals surface area contributed by atoms with Gasteiger partial charge in [0.05, 0.1) is 25.8 Å². The zero-order chi connectivity index (χ0) is 21.9. The first-order valence-corrected chi connectivity index (χ1v) is 10.0. The monoisotopic (exact) mass is 420 g/mol. The van der Waals surface area contributed by atoms with E-state index in [-0.39, 0.29) is 37.8 Å². The molecule has 2 amide bonds. The van der Waals surface area contributed by atoms with E-state index >= 15 is 0 Å². The SMILES string of the molecule is O=C(CCC(=O)OCCc1ccccc1)Nc1cccc(C(=O)NCc2ccco2)c1. The fourth-order valence-electron chi connectivity index (χ4n) is 2.86. The van der Waals surface area contributed by atoms with Crippen molar-refractivity contribution in [3.63, 3.8) is 0 Å². The molecule has 7 nitrogen and oxygen atoms in total. The second-order valence-corrected chi connectivity index (χ2v) is 6.85. The molecule has 0 fully saturated rings. The van der Waals surface area contributed by atoms with Gasteiger partial charge in [0.1, 0.15) is 5.76 Å². The normalized spacial score (nSPS) is 10.3. The van der Waals surface area contributed by atoms with Crippen LogP contribution in [0.3, 0.4) is 0 Å². The molecular weight excluding hydrogens is 396 g/mol. The maximum atomic E-state index is 12.3. The fourth-order valence-corrected chi connectivity index (χ4v) is 2.86. The standard InChI is InChI=1S/C24H24N2O5/c27-22(11-12-23(28)31-15-13-18-6-2-1-3-7-18)26-20-9-4-8-19(16-20)24(29)25-17-21-10-5-14-30-21/h1-10,14,16H,11-13,15,17H2,(H,25,29)(H,26,27). The molecule has 0 aliphatic carbocycles. The topological polar surface area (TPSA) is 97.6 Å². The summed E-state index contributed by atoms with van der Waals surface area (Å²) in [5.74, 6) is -0.381. The van der Waals surface area contributed by atoms with Gasteiger partial charge in [0.15, 0.2) is 0 Å². The van der Waals surface area contributed by atoms with E-state index < -0.39 is 5.97 Å². The van der Waals surface area contributed by atoms with Crippen LogP contribution in [0.1, 0.15) is 34.5 Å². The van der Waals surface area contributed by atoms with E-state index in [0.717, 1.165) is 5.56 Å². The van der Waals surface area contributed by atoms with Crippen LogP contribution in [0.25, 0.3) is 0 Å². The molecule has 0 aliphatic heterocycles. The Hall–Kier alpha value is -3.87. The Morgan fingerprint density at radius 2 is 1.74 bits per heavy atom. The van der Waals surface area contributed by atoms with Crippen molar-refractivity contribution in [2.24, 2.45) is 0 Å². The number of carbonyl (C=O) groups excluding carboxylic acids is 3. The van der Waals surface area contributed by atoms with Gasteiger partial charge in [-0.15, -0.1) is 0 Å². The Balaban J connectivity index is 1.39. The maximum absolute atomic E-state index is 12.3. The van der Waals surface area contributed by atoms with Gasteiger partial charge in [-0.3, -0.25) is 14.4 Å². The molecule has 0 radical (unpaired) electrons. The third-order valence-corrected chi connectivity index (χ3v) is 4.46. The molecule has 31 heavy (non-hydrogen) atoms. The van der Waals surface area contributed by atoms with Gasteiger partial charge in [0.2, 0.25) is 5.91 Å².